The van der Waals surface area contributed by atoms with Crippen LogP contribution in [0.15, 0.2) is 66.7 Å². The Balaban J connectivity index is 1.87. The van der Waals surface area contributed by atoms with Gasteiger partial charge in [-0.2, -0.15) is 10.5 Å². The van der Waals surface area contributed by atoms with Gasteiger partial charge < -0.3 is 5.32 Å². The van der Waals surface area contributed by atoms with E-state index in [4.69, 9.17) is 10.5 Å². The van der Waals surface area contributed by atoms with E-state index in [0.29, 0.717) is 34.4 Å². The predicted octanol–water partition coefficient (Wildman–Crippen LogP) is 5.54. The van der Waals surface area contributed by atoms with Gasteiger partial charge in [-0.05, 0) is 73.2 Å². The van der Waals surface area contributed by atoms with E-state index in [1.165, 1.54) is 0 Å². The molecule has 0 atom stereocenters. The van der Waals surface area contributed by atoms with Crippen LogP contribution in [0.3, 0.4) is 0 Å². The Morgan fingerprint density at radius 2 is 1.20 bits per heavy atom. The lowest BCUT2D eigenvalue weighted by molar-refractivity contribution is 0.0952. The summed E-state index contributed by atoms with van der Waals surface area (Å²) >= 11 is 0. The summed E-state index contributed by atoms with van der Waals surface area (Å²) in [6.45, 7) is 2.77. The van der Waals surface area contributed by atoms with Crippen molar-refractivity contribution >= 4 is 5.91 Å². The van der Waals surface area contributed by atoms with Gasteiger partial charge in [-0.1, -0.05) is 49.9 Å². The average Bonchev–Trinajstić information content (AvgIpc) is 2.91. The zero-order chi connectivity index (χ0) is 24.9. The first-order valence-electron chi connectivity index (χ1n) is 11.6. The molecule has 3 rings (SSSR count). The van der Waals surface area contributed by atoms with Gasteiger partial charge >= 0.3 is 0 Å². The van der Waals surface area contributed by atoms with E-state index < -0.39 is 0 Å². The summed E-state index contributed by atoms with van der Waals surface area (Å²) in [4.78, 5) is 13.0. The van der Waals surface area contributed by atoms with Crippen LogP contribution in [0, 0.1) is 46.3 Å². The van der Waals surface area contributed by atoms with E-state index in [0.717, 1.165) is 36.8 Å². The van der Waals surface area contributed by atoms with Crippen LogP contribution in [0.1, 0.15) is 76.3 Å². The summed E-state index contributed by atoms with van der Waals surface area (Å²) in [6.07, 6.45) is 4.31. The maximum absolute atomic E-state index is 13.0. The van der Waals surface area contributed by atoms with Crippen molar-refractivity contribution < 1.29 is 4.79 Å². The van der Waals surface area contributed by atoms with Gasteiger partial charge in [0.15, 0.2) is 0 Å². The summed E-state index contributed by atoms with van der Waals surface area (Å²) in [7, 11) is 0. The van der Waals surface area contributed by atoms with Gasteiger partial charge in [-0.25, -0.2) is 0 Å². The first-order chi connectivity index (χ1) is 17.1. The molecular weight excluding hydrogens is 430 g/mol. The van der Waals surface area contributed by atoms with Crippen molar-refractivity contribution in [3.8, 4) is 35.8 Å². The third kappa shape index (κ3) is 7.65. The molecule has 0 aliphatic heterocycles. The van der Waals surface area contributed by atoms with Crippen LogP contribution >= 0.6 is 0 Å². The number of nitrogens with zero attached hydrogens (tertiary/aromatic N) is 2. The van der Waals surface area contributed by atoms with Crippen LogP contribution in [-0.2, 0) is 0 Å². The fraction of sp³-hybridized carbons (Fsp3) is 0.194. The zero-order valence-corrected chi connectivity index (χ0v) is 19.7. The number of carbonyl (C=O) groups excluding carboxylic acids is 1. The molecule has 0 unspecified atom stereocenters. The predicted molar refractivity (Wildman–Crippen MR) is 137 cm³/mol. The fourth-order valence-corrected chi connectivity index (χ4v) is 3.31. The van der Waals surface area contributed by atoms with Crippen molar-refractivity contribution in [3.05, 3.63) is 106 Å². The first-order valence-corrected chi connectivity index (χ1v) is 11.6. The second-order valence-corrected chi connectivity index (χ2v) is 7.96. The Bertz CT molecular complexity index is 1380. The maximum Gasteiger partial charge on any atom is 0.252 e. The highest BCUT2D eigenvalue weighted by atomic mass is 16.1. The Hall–Kier alpha value is -4.77. The lowest BCUT2D eigenvalue weighted by Gasteiger charge is -2.08. The topological polar surface area (TPSA) is 76.7 Å². The largest absolute Gasteiger partial charge is 0.352 e. The van der Waals surface area contributed by atoms with Gasteiger partial charge in [0.05, 0.1) is 28.8 Å². The molecule has 170 valence electrons. The second-order valence-electron chi connectivity index (χ2n) is 7.96. The Morgan fingerprint density at radius 1 is 0.686 bits per heavy atom. The van der Waals surface area contributed by atoms with Gasteiger partial charge in [0.1, 0.15) is 0 Å². The lowest BCUT2D eigenvalue weighted by atomic mass is 10.0. The van der Waals surface area contributed by atoms with E-state index in [9.17, 15) is 4.79 Å². The summed E-state index contributed by atoms with van der Waals surface area (Å²) in [5.74, 6) is 12.2. The van der Waals surface area contributed by atoms with E-state index in [-0.39, 0.29) is 5.91 Å². The second kappa shape index (κ2) is 13.1. The Kier molecular flexibility index (Phi) is 9.28. The molecule has 4 nitrogen and oxygen atoms in total. The van der Waals surface area contributed by atoms with Crippen molar-refractivity contribution in [1.29, 1.82) is 10.5 Å². The lowest BCUT2D eigenvalue weighted by Crippen LogP contribution is -2.25. The van der Waals surface area contributed by atoms with E-state index in [1.54, 1.807) is 54.6 Å². The van der Waals surface area contributed by atoms with Crippen LogP contribution < -0.4 is 5.32 Å². The molecule has 0 bridgehead atoms. The summed E-state index contributed by atoms with van der Waals surface area (Å²) in [5.41, 5.74) is 4.50. The van der Waals surface area contributed by atoms with Crippen molar-refractivity contribution in [1.82, 2.24) is 5.32 Å². The number of hydrogen-bond acceptors (Lipinski definition) is 3. The molecule has 35 heavy (non-hydrogen) atoms. The number of benzene rings is 3. The molecule has 1 amide bonds. The third-order valence-electron chi connectivity index (χ3n) is 5.30. The summed E-state index contributed by atoms with van der Waals surface area (Å²) < 4.78 is 0. The molecule has 0 aliphatic carbocycles. The molecule has 0 radical (unpaired) electrons. The molecule has 4 heteroatoms. The van der Waals surface area contributed by atoms with E-state index in [1.807, 2.05) is 12.1 Å². The molecule has 0 fully saturated rings. The molecule has 3 aromatic rings. The normalized spacial score (nSPS) is 9.46. The Labute approximate surface area is 207 Å². The standard InChI is InChI=1S/C31H25N3O/c1-2-3-4-5-20-34-31(35)30-21-26(11-6-24-7-12-27(22-32)13-8-24)17-19-29(30)18-16-25-9-14-28(23-33)15-10-25/h7-10,12-15,17,19,21H,2-5,20H2,1H3,(H,34,35). The monoisotopic (exact) mass is 455 g/mol. The van der Waals surface area contributed by atoms with Gasteiger partial charge in [0, 0.05) is 28.8 Å². The highest BCUT2D eigenvalue weighted by Crippen LogP contribution is 2.13. The first kappa shape index (κ1) is 24.9. The highest BCUT2D eigenvalue weighted by Gasteiger charge is 2.11. The minimum Gasteiger partial charge on any atom is -0.352 e. The number of nitriles is 2. The molecule has 3 aromatic carbocycles. The average molecular weight is 456 g/mol. The molecule has 0 saturated carbocycles. The van der Waals surface area contributed by atoms with E-state index in [2.05, 4.69) is 48.1 Å². The van der Waals surface area contributed by atoms with Gasteiger partial charge in [0.2, 0.25) is 0 Å². The minimum absolute atomic E-state index is 0.173. The molecular formula is C31H25N3O. The molecule has 0 spiro atoms. The van der Waals surface area contributed by atoms with Crippen LogP contribution in [-0.4, -0.2) is 12.5 Å². The number of hydrogen-bond donors (Lipinski definition) is 1. The minimum atomic E-state index is -0.173. The SMILES string of the molecule is CCCCCCNC(=O)c1cc(C#Cc2ccc(C#N)cc2)ccc1C#Cc1ccc(C#N)cc1. The van der Waals surface area contributed by atoms with Crippen LogP contribution in [0.25, 0.3) is 0 Å². The molecule has 0 saturated heterocycles. The fourth-order valence-electron chi connectivity index (χ4n) is 3.31. The van der Waals surface area contributed by atoms with Gasteiger partial charge in [-0.3, -0.25) is 4.79 Å². The summed E-state index contributed by atoms with van der Waals surface area (Å²) in [5, 5.41) is 20.9. The third-order valence-corrected chi connectivity index (χ3v) is 5.30. The zero-order valence-electron chi connectivity index (χ0n) is 19.7. The highest BCUT2D eigenvalue weighted by molar-refractivity contribution is 5.97. The number of amides is 1. The smallest absolute Gasteiger partial charge is 0.252 e. The Morgan fingerprint density at radius 3 is 1.77 bits per heavy atom. The van der Waals surface area contributed by atoms with Crippen LogP contribution in [0.4, 0.5) is 0 Å². The number of rotatable bonds is 6. The summed E-state index contributed by atoms with van der Waals surface area (Å²) in [6, 6.07) is 23.7. The quantitative estimate of drug-likeness (QED) is 0.392. The molecule has 1 N–H and O–H groups in total. The maximum atomic E-state index is 13.0. The van der Waals surface area contributed by atoms with E-state index >= 15 is 0 Å². The molecule has 0 aliphatic rings. The molecule has 0 heterocycles. The van der Waals surface area contributed by atoms with Crippen LogP contribution in [0.2, 0.25) is 0 Å². The van der Waals surface area contributed by atoms with Crippen molar-refractivity contribution in [3.63, 3.8) is 0 Å². The van der Waals surface area contributed by atoms with Gasteiger partial charge in [0.25, 0.3) is 5.91 Å². The van der Waals surface area contributed by atoms with Gasteiger partial charge in [-0.15, -0.1) is 0 Å². The van der Waals surface area contributed by atoms with Crippen molar-refractivity contribution in [2.24, 2.45) is 0 Å². The number of carbonyl (C=O) groups is 1. The number of nitrogens with one attached hydrogen (secondary N) is 1. The van der Waals surface area contributed by atoms with Crippen molar-refractivity contribution in [2.45, 2.75) is 32.6 Å². The van der Waals surface area contributed by atoms with Crippen LogP contribution in [0.5, 0.6) is 0 Å². The van der Waals surface area contributed by atoms with Crippen molar-refractivity contribution in [2.75, 3.05) is 6.54 Å². The number of unbranched alkanes of at least 4 members (excludes halogenated alkanes) is 3. The molecule has 0 aromatic heterocycles.